The van der Waals surface area contributed by atoms with Gasteiger partial charge in [0, 0.05) is 39.7 Å². The van der Waals surface area contributed by atoms with Crippen LogP contribution in [0.15, 0.2) is 4.99 Å². The average molecular weight is 440 g/mol. The van der Waals surface area contributed by atoms with Crippen LogP contribution in [0.25, 0.3) is 0 Å². The lowest BCUT2D eigenvalue weighted by atomic mass is 10.1. The topological polar surface area (TPSA) is 66.0 Å². The van der Waals surface area contributed by atoms with Crippen molar-refractivity contribution in [1.29, 1.82) is 0 Å². The summed E-state index contributed by atoms with van der Waals surface area (Å²) in [6, 6.07) is 0. The number of nitrogens with zero attached hydrogens (tertiary/aromatic N) is 2. The highest BCUT2D eigenvalue weighted by molar-refractivity contribution is 14.0. The second-order valence-corrected chi connectivity index (χ2v) is 6.53. The quantitative estimate of drug-likeness (QED) is 0.261. The van der Waals surface area contributed by atoms with Crippen molar-refractivity contribution >= 4 is 35.8 Å². The van der Waals surface area contributed by atoms with E-state index in [0.717, 1.165) is 45.1 Å². The zero-order valence-corrected chi connectivity index (χ0v) is 17.3. The third kappa shape index (κ3) is 10.8. The lowest BCUT2D eigenvalue weighted by Crippen LogP contribution is -2.41. The zero-order chi connectivity index (χ0) is 16.4. The number of carbonyl (C=O) groups is 1. The third-order valence-corrected chi connectivity index (χ3v) is 3.70. The molecule has 0 radical (unpaired) electrons. The second-order valence-electron chi connectivity index (χ2n) is 6.53. The molecule has 0 aliphatic carbocycles. The van der Waals surface area contributed by atoms with E-state index in [9.17, 15) is 4.79 Å². The molecule has 23 heavy (non-hydrogen) atoms. The molecule has 7 heteroatoms. The SMILES string of the molecule is CC(C)CCCNC(=NCC(=O)N(C)C)NCC1CCOC1.I. The summed E-state index contributed by atoms with van der Waals surface area (Å²) in [4.78, 5) is 17.6. The summed E-state index contributed by atoms with van der Waals surface area (Å²) in [6.07, 6.45) is 3.38. The predicted octanol–water partition coefficient (Wildman–Crippen LogP) is 1.70. The molecule has 0 bridgehead atoms. The highest BCUT2D eigenvalue weighted by Crippen LogP contribution is 2.10. The third-order valence-electron chi connectivity index (χ3n) is 3.70. The molecule has 1 fully saturated rings. The smallest absolute Gasteiger partial charge is 0.243 e. The molecule has 1 atom stereocenters. The normalized spacial score (nSPS) is 17.8. The Labute approximate surface area is 157 Å². The van der Waals surface area contributed by atoms with Gasteiger partial charge in [-0.25, -0.2) is 4.99 Å². The summed E-state index contributed by atoms with van der Waals surface area (Å²) < 4.78 is 5.38. The minimum Gasteiger partial charge on any atom is -0.381 e. The minimum atomic E-state index is 0. The van der Waals surface area contributed by atoms with E-state index in [0.29, 0.717) is 11.8 Å². The van der Waals surface area contributed by atoms with Crippen molar-refractivity contribution in [2.24, 2.45) is 16.8 Å². The summed E-state index contributed by atoms with van der Waals surface area (Å²) >= 11 is 0. The Morgan fingerprint density at radius 3 is 2.65 bits per heavy atom. The number of hydrogen-bond donors (Lipinski definition) is 2. The van der Waals surface area contributed by atoms with E-state index in [1.807, 2.05) is 0 Å². The first-order valence-electron chi connectivity index (χ1n) is 8.29. The van der Waals surface area contributed by atoms with Gasteiger partial charge in [-0.05, 0) is 25.2 Å². The molecule has 1 aliphatic rings. The molecular weight excluding hydrogens is 407 g/mol. The molecule has 0 spiro atoms. The number of guanidine groups is 1. The van der Waals surface area contributed by atoms with Gasteiger partial charge in [-0.15, -0.1) is 24.0 Å². The Morgan fingerprint density at radius 2 is 2.09 bits per heavy atom. The number of hydrogen-bond acceptors (Lipinski definition) is 3. The number of likely N-dealkylation sites (N-methyl/N-ethyl adjacent to an activating group) is 1. The first kappa shape index (κ1) is 22.4. The number of ether oxygens (including phenoxy) is 1. The van der Waals surface area contributed by atoms with Gasteiger partial charge < -0.3 is 20.3 Å². The van der Waals surface area contributed by atoms with Crippen LogP contribution in [0, 0.1) is 11.8 Å². The first-order valence-corrected chi connectivity index (χ1v) is 8.29. The van der Waals surface area contributed by atoms with Gasteiger partial charge in [0.15, 0.2) is 5.96 Å². The molecule has 1 aliphatic heterocycles. The Kier molecular flexibility index (Phi) is 12.5. The van der Waals surface area contributed by atoms with Crippen molar-refractivity contribution < 1.29 is 9.53 Å². The van der Waals surface area contributed by atoms with Crippen LogP contribution in [-0.4, -0.2) is 63.7 Å². The van der Waals surface area contributed by atoms with Gasteiger partial charge in [0.1, 0.15) is 6.54 Å². The van der Waals surface area contributed by atoms with Crippen molar-refractivity contribution in [2.45, 2.75) is 33.1 Å². The van der Waals surface area contributed by atoms with Crippen molar-refractivity contribution in [3.8, 4) is 0 Å². The lowest BCUT2D eigenvalue weighted by Gasteiger charge is -2.16. The molecule has 0 aromatic heterocycles. The van der Waals surface area contributed by atoms with Crippen LogP contribution in [0.1, 0.15) is 33.1 Å². The van der Waals surface area contributed by atoms with Gasteiger partial charge in [0.25, 0.3) is 0 Å². The van der Waals surface area contributed by atoms with E-state index in [1.165, 1.54) is 6.42 Å². The van der Waals surface area contributed by atoms with E-state index >= 15 is 0 Å². The van der Waals surface area contributed by atoms with Crippen LogP contribution in [0.4, 0.5) is 0 Å². The highest BCUT2D eigenvalue weighted by atomic mass is 127. The summed E-state index contributed by atoms with van der Waals surface area (Å²) in [5, 5.41) is 6.65. The molecule has 1 heterocycles. The second kappa shape index (κ2) is 12.8. The highest BCUT2D eigenvalue weighted by Gasteiger charge is 2.15. The summed E-state index contributed by atoms with van der Waals surface area (Å²) in [7, 11) is 3.49. The average Bonchev–Trinajstić information content (AvgIpc) is 2.97. The minimum absolute atomic E-state index is 0. The van der Waals surface area contributed by atoms with Crippen molar-refractivity contribution in [3.05, 3.63) is 0 Å². The summed E-state index contributed by atoms with van der Waals surface area (Å²) in [6.45, 7) is 8.00. The van der Waals surface area contributed by atoms with Crippen molar-refractivity contribution in [1.82, 2.24) is 15.5 Å². The van der Waals surface area contributed by atoms with Crippen molar-refractivity contribution in [3.63, 3.8) is 0 Å². The molecule has 1 rings (SSSR count). The fourth-order valence-electron chi connectivity index (χ4n) is 2.16. The molecule has 0 aromatic carbocycles. The Morgan fingerprint density at radius 1 is 1.35 bits per heavy atom. The maximum Gasteiger partial charge on any atom is 0.243 e. The van der Waals surface area contributed by atoms with Crippen LogP contribution in [0.5, 0.6) is 0 Å². The molecule has 136 valence electrons. The van der Waals surface area contributed by atoms with Gasteiger partial charge >= 0.3 is 0 Å². The van der Waals surface area contributed by atoms with E-state index in [2.05, 4.69) is 29.5 Å². The molecule has 1 unspecified atom stereocenters. The van der Waals surface area contributed by atoms with Gasteiger partial charge in [-0.3, -0.25) is 4.79 Å². The fraction of sp³-hybridized carbons (Fsp3) is 0.875. The molecule has 1 saturated heterocycles. The largest absolute Gasteiger partial charge is 0.381 e. The van der Waals surface area contributed by atoms with Crippen LogP contribution in [0.3, 0.4) is 0 Å². The number of amides is 1. The maximum atomic E-state index is 11.7. The van der Waals surface area contributed by atoms with E-state index in [-0.39, 0.29) is 36.4 Å². The summed E-state index contributed by atoms with van der Waals surface area (Å²) in [5.74, 6) is 1.98. The number of nitrogens with one attached hydrogen (secondary N) is 2. The maximum absolute atomic E-state index is 11.7. The molecule has 0 aromatic rings. The number of rotatable bonds is 8. The fourth-order valence-corrected chi connectivity index (χ4v) is 2.16. The van der Waals surface area contributed by atoms with Crippen LogP contribution in [0.2, 0.25) is 0 Å². The number of carbonyl (C=O) groups excluding carboxylic acids is 1. The molecular formula is C16H33IN4O2. The van der Waals surface area contributed by atoms with Gasteiger partial charge in [0.2, 0.25) is 5.91 Å². The van der Waals surface area contributed by atoms with Gasteiger partial charge in [-0.2, -0.15) is 0 Å². The van der Waals surface area contributed by atoms with Gasteiger partial charge in [-0.1, -0.05) is 13.8 Å². The Bertz CT molecular complexity index is 356. The standard InChI is InChI=1S/C16H32N4O2.HI/c1-13(2)6-5-8-17-16(19-11-15(21)20(3)4)18-10-14-7-9-22-12-14;/h13-14H,5-12H2,1-4H3,(H2,17,18,19);1H. The van der Waals surface area contributed by atoms with E-state index in [1.54, 1.807) is 19.0 Å². The van der Waals surface area contributed by atoms with Crippen LogP contribution >= 0.6 is 24.0 Å². The van der Waals surface area contributed by atoms with Crippen molar-refractivity contribution in [2.75, 3.05) is 46.9 Å². The number of halogens is 1. The lowest BCUT2D eigenvalue weighted by molar-refractivity contribution is -0.127. The Hall–Kier alpha value is -0.570. The molecule has 1 amide bonds. The first-order chi connectivity index (χ1) is 10.5. The Balaban J connectivity index is 0.00000484. The summed E-state index contributed by atoms with van der Waals surface area (Å²) in [5.41, 5.74) is 0. The van der Waals surface area contributed by atoms with Gasteiger partial charge in [0.05, 0.1) is 6.61 Å². The van der Waals surface area contributed by atoms with Crippen LogP contribution in [-0.2, 0) is 9.53 Å². The van der Waals surface area contributed by atoms with E-state index < -0.39 is 0 Å². The molecule has 0 saturated carbocycles. The predicted molar refractivity (Wildman–Crippen MR) is 105 cm³/mol. The van der Waals surface area contributed by atoms with Crippen LogP contribution < -0.4 is 10.6 Å². The zero-order valence-electron chi connectivity index (χ0n) is 14.9. The molecule has 6 nitrogen and oxygen atoms in total. The number of aliphatic imine (C=N–C) groups is 1. The monoisotopic (exact) mass is 440 g/mol. The van der Waals surface area contributed by atoms with E-state index in [4.69, 9.17) is 4.74 Å². The molecule has 2 N–H and O–H groups in total.